The first kappa shape index (κ1) is 15.3. The van der Waals surface area contributed by atoms with E-state index in [1.165, 1.54) is 0 Å². The normalized spacial score (nSPS) is 25.2. The number of nitrogens with one attached hydrogen (secondary N) is 1. The summed E-state index contributed by atoms with van der Waals surface area (Å²) in [7, 11) is 0. The van der Waals surface area contributed by atoms with Crippen LogP contribution < -0.4 is 5.32 Å². The molecule has 2 amide bonds. The van der Waals surface area contributed by atoms with Crippen LogP contribution in [-0.4, -0.2) is 35.8 Å². The molecule has 21 heavy (non-hydrogen) atoms. The highest BCUT2D eigenvalue weighted by Crippen LogP contribution is 2.27. The molecule has 2 aliphatic rings. The first-order valence-electron chi connectivity index (χ1n) is 7.08. The average molecular weight is 463 g/mol. The highest BCUT2D eigenvalue weighted by Gasteiger charge is 2.35. The van der Waals surface area contributed by atoms with Crippen molar-refractivity contribution in [2.24, 2.45) is 5.92 Å². The number of benzene rings is 1. The zero-order valence-corrected chi connectivity index (χ0v) is 15.2. The van der Waals surface area contributed by atoms with E-state index in [1.54, 1.807) is 0 Å². The lowest BCUT2D eigenvalue weighted by Crippen LogP contribution is -2.55. The van der Waals surface area contributed by atoms with Crippen LogP contribution in [0.3, 0.4) is 0 Å². The van der Waals surface area contributed by atoms with E-state index in [9.17, 15) is 9.59 Å². The third kappa shape index (κ3) is 3.26. The highest BCUT2D eigenvalue weighted by atomic mass is 127. The summed E-state index contributed by atoms with van der Waals surface area (Å²) in [4.78, 5) is 26.1. The lowest BCUT2D eigenvalue weighted by Gasteiger charge is -2.41. The molecule has 0 spiro atoms. The Morgan fingerprint density at radius 1 is 1.38 bits per heavy atom. The van der Waals surface area contributed by atoms with Crippen LogP contribution in [0.2, 0.25) is 0 Å². The summed E-state index contributed by atoms with van der Waals surface area (Å²) in [5.41, 5.74) is 0.753. The van der Waals surface area contributed by atoms with Crippen molar-refractivity contribution in [3.05, 3.63) is 31.8 Å². The second kappa shape index (κ2) is 6.24. The predicted molar refractivity (Wildman–Crippen MR) is 92.0 cm³/mol. The first-order valence-corrected chi connectivity index (χ1v) is 8.95. The predicted octanol–water partition coefficient (Wildman–Crippen LogP) is 2.79. The fourth-order valence-electron chi connectivity index (χ4n) is 3.13. The van der Waals surface area contributed by atoms with Gasteiger partial charge in [0, 0.05) is 33.6 Å². The number of piperidine rings is 2. The minimum absolute atomic E-state index is 0.0936. The zero-order chi connectivity index (χ0) is 15.0. The number of amides is 2. The van der Waals surface area contributed by atoms with E-state index < -0.39 is 0 Å². The second-order valence-corrected chi connectivity index (χ2v) is 7.71. The van der Waals surface area contributed by atoms with E-state index in [1.807, 2.05) is 23.1 Å². The summed E-state index contributed by atoms with van der Waals surface area (Å²) in [5.74, 6) is 0.638. The van der Waals surface area contributed by atoms with Gasteiger partial charge in [-0.2, -0.15) is 0 Å². The van der Waals surface area contributed by atoms with Gasteiger partial charge >= 0.3 is 0 Å². The van der Waals surface area contributed by atoms with Gasteiger partial charge in [0.2, 0.25) is 5.91 Å². The van der Waals surface area contributed by atoms with Crippen LogP contribution in [0.15, 0.2) is 22.7 Å². The Morgan fingerprint density at radius 3 is 3.00 bits per heavy atom. The van der Waals surface area contributed by atoms with E-state index in [-0.39, 0.29) is 17.9 Å². The number of rotatable bonds is 1. The van der Waals surface area contributed by atoms with Crippen LogP contribution in [0.4, 0.5) is 0 Å². The molecule has 0 aromatic heterocycles. The fraction of sp³-hybridized carbons (Fsp3) is 0.467. The largest absolute Gasteiger partial charge is 0.353 e. The smallest absolute Gasteiger partial charge is 0.254 e. The van der Waals surface area contributed by atoms with Crippen molar-refractivity contribution < 1.29 is 9.59 Å². The molecule has 1 aromatic rings. The van der Waals surface area contributed by atoms with E-state index in [2.05, 4.69) is 43.8 Å². The van der Waals surface area contributed by atoms with Gasteiger partial charge in [-0.25, -0.2) is 0 Å². The van der Waals surface area contributed by atoms with Gasteiger partial charge in [-0.1, -0.05) is 15.9 Å². The molecular weight excluding hydrogens is 447 g/mol. The number of hydrogen-bond acceptors (Lipinski definition) is 2. The summed E-state index contributed by atoms with van der Waals surface area (Å²) in [5, 5.41) is 3.05. The third-order valence-electron chi connectivity index (χ3n) is 4.27. The first-order chi connectivity index (χ1) is 10.0. The fourth-order valence-corrected chi connectivity index (χ4v) is 4.05. The van der Waals surface area contributed by atoms with E-state index in [0.29, 0.717) is 18.9 Å². The number of carbonyl (C=O) groups is 2. The molecule has 2 unspecified atom stereocenters. The molecule has 4 nitrogen and oxygen atoms in total. The molecule has 0 bridgehead atoms. The lowest BCUT2D eigenvalue weighted by atomic mass is 9.85. The van der Waals surface area contributed by atoms with Gasteiger partial charge in [0.05, 0.1) is 5.56 Å². The van der Waals surface area contributed by atoms with Crippen molar-refractivity contribution >= 4 is 50.3 Å². The van der Waals surface area contributed by atoms with Crippen LogP contribution in [0, 0.1) is 9.49 Å². The van der Waals surface area contributed by atoms with E-state index in [0.717, 1.165) is 33.0 Å². The molecule has 2 aliphatic heterocycles. The summed E-state index contributed by atoms with van der Waals surface area (Å²) >= 11 is 5.63. The summed E-state index contributed by atoms with van der Waals surface area (Å²) < 4.78 is 1.89. The number of carbonyl (C=O) groups excluding carboxylic acids is 2. The Bertz CT molecular complexity index is 593. The van der Waals surface area contributed by atoms with Gasteiger partial charge in [0.15, 0.2) is 0 Å². The molecular formula is C15H16BrIN2O2. The second-order valence-electron chi connectivity index (χ2n) is 5.64. The third-order valence-corrected chi connectivity index (χ3v) is 5.70. The lowest BCUT2D eigenvalue weighted by molar-refractivity contribution is -0.125. The molecule has 3 rings (SSSR count). The minimum Gasteiger partial charge on any atom is -0.353 e. The van der Waals surface area contributed by atoms with Crippen LogP contribution in [-0.2, 0) is 4.79 Å². The van der Waals surface area contributed by atoms with Crippen molar-refractivity contribution in [3.63, 3.8) is 0 Å². The Kier molecular flexibility index (Phi) is 4.54. The van der Waals surface area contributed by atoms with Gasteiger partial charge < -0.3 is 10.2 Å². The van der Waals surface area contributed by atoms with Crippen molar-refractivity contribution in [2.75, 3.05) is 13.1 Å². The van der Waals surface area contributed by atoms with Gasteiger partial charge in [0.25, 0.3) is 5.91 Å². The standard InChI is InChI=1S/C15H16BrIN2O2/c16-10-2-3-12(17)11(7-10)15(21)19-6-5-13-9(8-19)1-4-14(20)18-13/h2-3,7,9,13H,1,4-6,8H2,(H,18,20). The topological polar surface area (TPSA) is 49.4 Å². The summed E-state index contributed by atoms with van der Waals surface area (Å²) in [6, 6.07) is 6.03. The minimum atomic E-state index is 0.0936. The van der Waals surface area contributed by atoms with Crippen LogP contribution in [0.25, 0.3) is 0 Å². The summed E-state index contributed by atoms with van der Waals surface area (Å²) in [6.07, 6.45) is 2.32. The van der Waals surface area contributed by atoms with Crippen molar-refractivity contribution in [1.82, 2.24) is 10.2 Å². The molecule has 1 N–H and O–H groups in total. The SMILES string of the molecule is O=C1CCC2CN(C(=O)c3cc(Br)ccc3I)CCC2N1. The Balaban J connectivity index is 1.74. The van der Waals surface area contributed by atoms with Gasteiger partial charge in [-0.15, -0.1) is 0 Å². The molecule has 0 radical (unpaired) electrons. The monoisotopic (exact) mass is 462 g/mol. The molecule has 0 saturated carbocycles. The van der Waals surface area contributed by atoms with E-state index in [4.69, 9.17) is 0 Å². The van der Waals surface area contributed by atoms with Crippen molar-refractivity contribution in [1.29, 1.82) is 0 Å². The maximum Gasteiger partial charge on any atom is 0.254 e. The maximum absolute atomic E-state index is 12.7. The Morgan fingerprint density at radius 2 is 2.19 bits per heavy atom. The molecule has 1 aromatic carbocycles. The molecule has 2 saturated heterocycles. The van der Waals surface area contributed by atoms with Crippen LogP contribution in [0.5, 0.6) is 0 Å². The van der Waals surface area contributed by atoms with E-state index >= 15 is 0 Å². The summed E-state index contributed by atoms with van der Waals surface area (Å²) in [6.45, 7) is 1.45. The molecule has 0 aliphatic carbocycles. The number of fused-ring (bicyclic) bond motifs is 1. The Labute approximate surface area is 145 Å². The van der Waals surface area contributed by atoms with Gasteiger partial charge in [0.1, 0.15) is 0 Å². The van der Waals surface area contributed by atoms with Crippen molar-refractivity contribution in [3.8, 4) is 0 Å². The quantitative estimate of drug-likeness (QED) is 0.652. The maximum atomic E-state index is 12.7. The van der Waals surface area contributed by atoms with Gasteiger partial charge in [-0.3, -0.25) is 9.59 Å². The zero-order valence-electron chi connectivity index (χ0n) is 11.4. The number of halogens is 2. The molecule has 112 valence electrons. The van der Waals surface area contributed by atoms with Crippen LogP contribution in [0.1, 0.15) is 29.6 Å². The molecule has 2 heterocycles. The molecule has 2 fully saturated rings. The van der Waals surface area contributed by atoms with Gasteiger partial charge in [-0.05, 0) is 59.5 Å². The van der Waals surface area contributed by atoms with Crippen LogP contribution >= 0.6 is 38.5 Å². The average Bonchev–Trinajstić information content (AvgIpc) is 2.48. The number of likely N-dealkylation sites (tertiary alicyclic amines) is 1. The van der Waals surface area contributed by atoms with Crippen molar-refractivity contribution in [2.45, 2.75) is 25.3 Å². The Hall–Kier alpha value is -0.630. The highest BCUT2D eigenvalue weighted by molar-refractivity contribution is 14.1. The number of hydrogen-bond donors (Lipinski definition) is 1. The molecule has 2 atom stereocenters. The molecule has 6 heteroatoms. The number of nitrogens with zero attached hydrogens (tertiary/aromatic N) is 1.